The molecule has 8 nitrogen and oxygen atoms in total. The Morgan fingerprint density at radius 1 is 1.25 bits per heavy atom. The summed E-state index contributed by atoms with van der Waals surface area (Å²) in [5.74, 6) is -4.14. The van der Waals surface area contributed by atoms with E-state index in [9.17, 15) is 22.8 Å². The molecule has 2 fully saturated rings. The van der Waals surface area contributed by atoms with Gasteiger partial charge in [-0.25, -0.2) is 18.0 Å². The van der Waals surface area contributed by atoms with E-state index in [0.717, 1.165) is 6.07 Å². The van der Waals surface area contributed by atoms with E-state index in [0.29, 0.717) is 11.3 Å². The zero-order valence-electron chi connectivity index (χ0n) is 16.7. The number of carbonyl (C=O) groups excluding carboxylic acids is 2. The van der Waals surface area contributed by atoms with E-state index in [1.165, 1.54) is 17.0 Å². The van der Waals surface area contributed by atoms with Crippen LogP contribution in [-0.4, -0.2) is 57.8 Å². The van der Waals surface area contributed by atoms with Gasteiger partial charge in [-0.1, -0.05) is 11.6 Å². The van der Waals surface area contributed by atoms with Crippen molar-refractivity contribution in [1.29, 1.82) is 0 Å². The van der Waals surface area contributed by atoms with Gasteiger partial charge in [0.2, 0.25) is 0 Å². The summed E-state index contributed by atoms with van der Waals surface area (Å²) in [4.78, 5) is 26.8. The molecule has 12 heteroatoms. The molecule has 0 unspecified atom stereocenters. The minimum absolute atomic E-state index is 0.0142. The minimum atomic E-state index is -2.76. The first-order chi connectivity index (χ1) is 15.1. The lowest BCUT2D eigenvalue weighted by Gasteiger charge is -2.40. The Hall–Kier alpha value is -2.79. The summed E-state index contributed by atoms with van der Waals surface area (Å²) in [5.41, 5.74) is 6.76. The number of nitrogens with one attached hydrogen (secondary N) is 1. The largest absolute Gasteiger partial charge is 0.377 e. The molecule has 1 saturated heterocycles. The SMILES string of the molecule is NC(=O)c1c(-c2ccc(F)c(Cl)c2)nn2c1CN(C(=O)NC1CC(F)(F)C1)[C@@H]1COC[C@@H]12. The van der Waals surface area contributed by atoms with Crippen LogP contribution in [0.3, 0.4) is 0 Å². The molecule has 0 radical (unpaired) electrons. The van der Waals surface area contributed by atoms with Gasteiger partial charge in [-0.15, -0.1) is 0 Å². The lowest BCUT2D eigenvalue weighted by atomic mass is 9.88. The van der Waals surface area contributed by atoms with Crippen LogP contribution in [0.2, 0.25) is 5.02 Å². The van der Waals surface area contributed by atoms with Crippen molar-refractivity contribution in [3.8, 4) is 11.3 Å². The first kappa shape index (κ1) is 21.1. The second-order valence-corrected chi connectivity index (χ2v) is 8.73. The molecule has 2 aromatic rings. The number of alkyl halides is 2. The average molecular weight is 470 g/mol. The lowest BCUT2D eigenvalue weighted by Crippen LogP contribution is -2.58. The number of nitrogens with two attached hydrogens (primary N) is 1. The zero-order valence-corrected chi connectivity index (χ0v) is 17.4. The predicted molar refractivity (Wildman–Crippen MR) is 107 cm³/mol. The molecule has 1 aromatic heterocycles. The van der Waals surface area contributed by atoms with Crippen LogP contribution in [0.15, 0.2) is 18.2 Å². The maximum Gasteiger partial charge on any atom is 0.318 e. The van der Waals surface area contributed by atoms with Crippen LogP contribution >= 0.6 is 11.6 Å². The number of fused-ring (bicyclic) bond motifs is 3. The summed E-state index contributed by atoms with van der Waals surface area (Å²) in [6, 6.07) is 2.03. The molecule has 3 heterocycles. The van der Waals surface area contributed by atoms with E-state index in [2.05, 4.69) is 10.4 Å². The van der Waals surface area contributed by atoms with Crippen molar-refractivity contribution in [1.82, 2.24) is 20.0 Å². The topological polar surface area (TPSA) is 102 Å². The first-order valence-electron chi connectivity index (χ1n) is 10.0. The van der Waals surface area contributed by atoms with Crippen LogP contribution in [0.5, 0.6) is 0 Å². The Morgan fingerprint density at radius 2 is 1.97 bits per heavy atom. The van der Waals surface area contributed by atoms with Crippen molar-refractivity contribution in [3.05, 3.63) is 40.3 Å². The van der Waals surface area contributed by atoms with E-state index in [1.54, 1.807) is 4.68 Å². The molecule has 32 heavy (non-hydrogen) atoms. The fourth-order valence-corrected chi connectivity index (χ4v) is 4.76. The minimum Gasteiger partial charge on any atom is -0.377 e. The Balaban J connectivity index is 1.51. The highest BCUT2D eigenvalue weighted by Crippen LogP contribution is 2.39. The van der Waals surface area contributed by atoms with Gasteiger partial charge in [-0.2, -0.15) is 5.10 Å². The van der Waals surface area contributed by atoms with Gasteiger partial charge < -0.3 is 20.7 Å². The number of primary amides is 1. The molecule has 3 N–H and O–H groups in total. The van der Waals surface area contributed by atoms with Gasteiger partial charge >= 0.3 is 6.03 Å². The standard InChI is InChI=1S/C20H19ClF3N5O3/c21-11-3-9(1-2-12(11)22)17-16(18(25)30)13-6-28(14-7-32-8-15(14)29(13)27-17)19(31)26-10-4-20(23,24)5-10/h1-3,10,14-15H,4-8H2,(H2,25,30)(H,26,31)/t14-,15+/m1/s1. The van der Waals surface area contributed by atoms with Crippen LogP contribution in [0.4, 0.5) is 18.0 Å². The van der Waals surface area contributed by atoms with Crippen molar-refractivity contribution in [2.75, 3.05) is 13.2 Å². The number of hydrogen-bond acceptors (Lipinski definition) is 4. The number of carbonyl (C=O) groups is 2. The van der Waals surface area contributed by atoms with Gasteiger partial charge in [0, 0.05) is 24.4 Å². The van der Waals surface area contributed by atoms with E-state index in [1.807, 2.05) is 0 Å². The Morgan fingerprint density at radius 3 is 2.62 bits per heavy atom. The maximum atomic E-state index is 13.6. The molecule has 1 saturated carbocycles. The molecule has 3 aliphatic rings. The summed E-state index contributed by atoms with van der Waals surface area (Å²) < 4.78 is 47.2. The summed E-state index contributed by atoms with van der Waals surface area (Å²) >= 11 is 5.90. The van der Waals surface area contributed by atoms with Gasteiger partial charge in [0.25, 0.3) is 11.8 Å². The molecule has 0 bridgehead atoms. The monoisotopic (exact) mass is 469 g/mol. The van der Waals surface area contributed by atoms with Gasteiger partial charge in [0.1, 0.15) is 11.5 Å². The number of halogens is 4. The smallest absolute Gasteiger partial charge is 0.318 e. The summed E-state index contributed by atoms with van der Waals surface area (Å²) in [6.45, 7) is 0.466. The van der Waals surface area contributed by atoms with E-state index in [4.69, 9.17) is 22.1 Å². The van der Waals surface area contributed by atoms with Gasteiger partial charge in [-0.3, -0.25) is 9.48 Å². The van der Waals surface area contributed by atoms with Crippen molar-refractivity contribution < 1.29 is 27.5 Å². The van der Waals surface area contributed by atoms with Crippen LogP contribution in [0.1, 0.15) is 34.9 Å². The van der Waals surface area contributed by atoms with Crippen LogP contribution in [-0.2, 0) is 11.3 Å². The van der Waals surface area contributed by atoms with Crippen LogP contribution in [0.25, 0.3) is 11.3 Å². The lowest BCUT2D eigenvalue weighted by molar-refractivity contribution is -0.0906. The number of rotatable bonds is 3. The molecular weight excluding hydrogens is 451 g/mol. The molecule has 170 valence electrons. The third-order valence-corrected chi connectivity index (χ3v) is 6.47. The van der Waals surface area contributed by atoms with E-state index >= 15 is 0 Å². The second kappa shape index (κ2) is 7.38. The number of benzene rings is 1. The van der Waals surface area contributed by atoms with Crippen molar-refractivity contribution in [3.63, 3.8) is 0 Å². The van der Waals surface area contributed by atoms with Gasteiger partial charge in [-0.05, 0) is 18.2 Å². The summed E-state index contributed by atoms with van der Waals surface area (Å²) in [6.07, 6.45) is -0.811. The fraction of sp³-hybridized carbons (Fsp3) is 0.450. The summed E-state index contributed by atoms with van der Waals surface area (Å²) in [7, 11) is 0. The fourth-order valence-electron chi connectivity index (χ4n) is 4.58. The number of hydrogen-bond donors (Lipinski definition) is 2. The Bertz CT molecular complexity index is 1120. The van der Waals surface area contributed by atoms with Crippen LogP contribution in [0, 0.1) is 5.82 Å². The van der Waals surface area contributed by atoms with Crippen molar-refractivity contribution >= 4 is 23.5 Å². The average Bonchev–Trinajstić information content (AvgIpc) is 3.32. The van der Waals surface area contributed by atoms with Crippen molar-refractivity contribution in [2.24, 2.45) is 5.73 Å². The quantitative estimate of drug-likeness (QED) is 0.721. The molecule has 2 atom stereocenters. The maximum absolute atomic E-state index is 13.6. The third-order valence-electron chi connectivity index (χ3n) is 6.18. The van der Waals surface area contributed by atoms with Crippen LogP contribution < -0.4 is 11.1 Å². The Kier molecular flexibility index (Phi) is 4.86. The normalized spacial score (nSPS) is 23.9. The molecular formula is C20H19ClF3N5O3. The predicted octanol–water partition coefficient (Wildman–Crippen LogP) is 2.70. The zero-order chi connectivity index (χ0) is 22.8. The number of aromatic nitrogens is 2. The molecule has 1 aromatic carbocycles. The number of ether oxygens (including phenoxy) is 1. The first-order valence-corrected chi connectivity index (χ1v) is 10.4. The highest BCUT2D eigenvalue weighted by atomic mass is 35.5. The summed E-state index contributed by atoms with van der Waals surface area (Å²) in [5, 5.41) is 7.05. The number of urea groups is 1. The van der Waals surface area contributed by atoms with Gasteiger partial charge in [0.05, 0.1) is 48.1 Å². The van der Waals surface area contributed by atoms with Crippen molar-refractivity contribution in [2.45, 2.75) is 43.4 Å². The molecule has 0 spiro atoms. The third kappa shape index (κ3) is 3.39. The molecule has 2 aliphatic heterocycles. The van der Waals surface area contributed by atoms with E-state index < -0.39 is 54.6 Å². The Labute approximate surface area is 185 Å². The number of amides is 3. The highest BCUT2D eigenvalue weighted by molar-refractivity contribution is 6.31. The van der Waals surface area contributed by atoms with Gasteiger partial charge in [0.15, 0.2) is 0 Å². The van der Waals surface area contributed by atoms with E-state index in [-0.39, 0.29) is 36.0 Å². The highest BCUT2D eigenvalue weighted by Gasteiger charge is 2.49. The second-order valence-electron chi connectivity index (χ2n) is 8.32. The molecule has 1 aliphatic carbocycles. The molecule has 3 amide bonds. The molecule has 5 rings (SSSR count). The number of nitrogens with zero attached hydrogens (tertiary/aromatic N) is 3.